The van der Waals surface area contributed by atoms with Crippen LogP contribution in [0.15, 0.2) is 114 Å². The highest BCUT2D eigenvalue weighted by atomic mass is 32.2. The van der Waals surface area contributed by atoms with E-state index in [9.17, 15) is 22.4 Å². The predicted molar refractivity (Wildman–Crippen MR) is 166 cm³/mol. The van der Waals surface area contributed by atoms with Gasteiger partial charge in [0.1, 0.15) is 18.4 Å². The SMILES string of the molecule is CCCNC(=O)C(Cc1ccccc1)N(Cc1cccc(C)c1)C(=O)CN(c1ccccc1)S(=O)(=O)c1ccc(F)cc1. The first-order chi connectivity index (χ1) is 20.7. The Hall–Kier alpha value is -4.50. The van der Waals surface area contributed by atoms with Crippen molar-refractivity contribution in [2.24, 2.45) is 0 Å². The van der Waals surface area contributed by atoms with E-state index in [0.29, 0.717) is 13.0 Å². The molecular formula is C34H36FN3O4S. The number of carbonyl (C=O) groups is 2. The van der Waals surface area contributed by atoms with E-state index in [2.05, 4.69) is 5.32 Å². The van der Waals surface area contributed by atoms with Crippen molar-refractivity contribution < 1.29 is 22.4 Å². The summed E-state index contributed by atoms with van der Waals surface area (Å²) in [4.78, 5) is 29.3. The van der Waals surface area contributed by atoms with Crippen molar-refractivity contribution >= 4 is 27.5 Å². The van der Waals surface area contributed by atoms with Gasteiger partial charge in [-0.15, -0.1) is 0 Å². The standard InChI is InChI=1S/C34H36FN3O4S/c1-3-21-36-34(40)32(23-27-12-6-4-7-13-27)37(24-28-14-10-11-26(2)22-28)33(39)25-38(30-15-8-5-9-16-30)43(41,42)31-19-17-29(35)18-20-31/h4-20,22,32H,3,21,23-25H2,1-2H3,(H,36,40). The highest BCUT2D eigenvalue weighted by molar-refractivity contribution is 7.92. The molecule has 0 fully saturated rings. The lowest BCUT2D eigenvalue weighted by molar-refractivity contribution is -0.140. The van der Waals surface area contributed by atoms with Gasteiger partial charge in [-0.25, -0.2) is 12.8 Å². The van der Waals surface area contributed by atoms with E-state index in [1.54, 1.807) is 30.3 Å². The Balaban J connectivity index is 1.78. The van der Waals surface area contributed by atoms with Crippen LogP contribution in [0.3, 0.4) is 0 Å². The minimum atomic E-state index is -4.28. The molecule has 43 heavy (non-hydrogen) atoms. The molecule has 9 heteroatoms. The maximum Gasteiger partial charge on any atom is 0.264 e. The molecule has 7 nitrogen and oxygen atoms in total. The van der Waals surface area contributed by atoms with Gasteiger partial charge in [0.05, 0.1) is 10.6 Å². The molecule has 0 aliphatic heterocycles. The third kappa shape index (κ3) is 8.29. The number of benzene rings is 4. The summed E-state index contributed by atoms with van der Waals surface area (Å²) in [5, 5.41) is 2.93. The molecule has 224 valence electrons. The van der Waals surface area contributed by atoms with Crippen molar-refractivity contribution in [2.75, 3.05) is 17.4 Å². The van der Waals surface area contributed by atoms with Crippen LogP contribution in [0.5, 0.6) is 0 Å². The van der Waals surface area contributed by atoms with Crippen LogP contribution in [0.1, 0.15) is 30.0 Å². The molecule has 1 unspecified atom stereocenters. The number of rotatable bonds is 13. The number of hydrogen-bond donors (Lipinski definition) is 1. The number of para-hydroxylation sites is 1. The Labute approximate surface area is 253 Å². The van der Waals surface area contributed by atoms with E-state index in [-0.39, 0.29) is 29.5 Å². The van der Waals surface area contributed by atoms with Crippen LogP contribution in [-0.2, 0) is 32.6 Å². The minimum Gasteiger partial charge on any atom is -0.354 e. The van der Waals surface area contributed by atoms with E-state index in [1.807, 2.05) is 68.4 Å². The number of carbonyl (C=O) groups excluding carboxylic acids is 2. The monoisotopic (exact) mass is 601 g/mol. The molecule has 1 atom stereocenters. The summed E-state index contributed by atoms with van der Waals surface area (Å²) in [6, 6.07) is 28.9. The Kier molecular flexibility index (Phi) is 10.7. The topological polar surface area (TPSA) is 86.8 Å². The lowest BCUT2D eigenvalue weighted by Crippen LogP contribution is -2.53. The first kappa shape index (κ1) is 31.4. The van der Waals surface area contributed by atoms with Crippen LogP contribution in [0, 0.1) is 12.7 Å². The van der Waals surface area contributed by atoms with Crippen molar-refractivity contribution in [3.8, 4) is 0 Å². The summed E-state index contributed by atoms with van der Waals surface area (Å²) in [6.07, 6.45) is 0.956. The van der Waals surface area contributed by atoms with E-state index in [1.165, 1.54) is 17.0 Å². The molecule has 0 saturated heterocycles. The molecule has 0 spiro atoms. The summed E-state index contributed by atoms with van der Waals surface area (Å²) >= 11 is 0. The minimum absolute atomic E-state index is 0.0940. The molecule has 4 aromatic rings. The summed E-state index contributed by atoms with van der Waals surface area (Å²) in [7, 11) is -4.28. The molecule has 0 saturated carbocycles. The molecule has 1 N–H and O–H groups in total. The van der Waals surface area contributed by atoms with Gasteiger partial charge in [0.2, 0.25) is 11.8 Å². The quantitative estimate of drug-likeness (QED) is 0.219. The second-order valence-corrected chi connectivity index (χ2v) is 12.2. The number of nitrogens with one attached hydrogen (secondary N) is 1. The van der Waals surface area contributed by atoms with Gasteiger partial charge in [0, 0.05) is 19.5 Å². The number of sulfonamides is 1. The average molecular weight is 602 g/mol. The maximum atomic E-state index is 14.3. The normalized spacial score (nSPS) is 11.9. The van der Waals surface area contributed by atoms with Gasteiger partial charge in [0.15, 0.2) is 0 Å². The van der Waals surface area contributed by atoms with Gasteiger partial charge < -0.3 is 10.2 Å². The number of aryl methyl sites for hydroxylation is 1. The molecule has 0 aromatic heterocycles. The smallest absolute Gasteiger partial charge is 0.264 e. The van der Waals surface area contributed by atoms with Gasteiger partial charge in [0.25, 0.3) is 10.0 Å². The molecule has 4 aromatic carbocycles. The summed E-state index contributed by atoms with van der Waals surface area (Å²) in [5.41, 5.74) is 2.93. The van der Waals surface area contributed by atoms with Crippen LogP contribution in [-0.4, -0.2) is 44.3 Å². The van der Waals surface area contributed by atoms with Crippen molar-refractivity contribution in [1.82, 2.24) is 10.2 Å². The number of hydrogen-bond acceptors (Lipinski definition) is 4. The zero-order valence-corrected chi connectivity index (χ0v) is 25.1. The van der Waals surface area contributed by atoms with Gasteiger partial charge in [-0.3, -0.25) is 13.9 Å². The number of anilines is 1. The Morgan fingerprint density at radius 2 is 1.47 bits per heavy atom. The first-order valence-electron chi connectivity index (χ1n) is 14.2. The fourth-order valence-corrected chi connectivity index (χ4v) is 6.20. The van der Waals surface area contributed by atoms with Crippen LogP contribution >= 0.6 is 0 Å². The van der Waals surface area contributed by atoms with E-state index < -0.39 is 34.3 Å². The van der Waals surface area contributed by atoms with Crippen LogP contribution in [0.2, 0.25) is 0 Å². The van der Waals surface area contributed by atoms with Gasteiger partial charge >= 0.3 is 0 Å². The molecule has 0 heterocycles. The van der Waals surface area contributed by atoms with Crippen LogP contribution in [0.25, 0.3) is 0 Å². The fourth-order valence-electron chi connectivity index (χ4n) is 4.78. The predicted octanol–water partition coefficient (Wildman–Crippen LogP) is 5.50. The molecular weight excluding hydrogens is 565 g/mol. The molecule has 0 aliphatic rings. The average Bonchev–Trinajstić information content (AvgIpc) is 3.01. The second-order valence-electron chi connectivity index (χ2n) is 10.3. The highest BCUT2D eigenvalue weighted by Gasteiger charge is 2.34. The Morgan fingerprint density at radius 1 is 0.837 bits per heavy atom. The van der Waals surface area contributed by atoms with Crippen molar-refractivity contribution in [1.29, 1.82) is 0 Å². The largest absolute Gasteiger partial charge is 0.354 e. The summed E-state index contributed by atoms with van der Waals surface area (Å²) in [6.45, 7) is 3.85. The van der Waals surface area contributed by atoms with Crippen LogP contribution in [0.4, 0.5) is 10.1 Å². The zero-order valence-electron chi connectivity index (χ0n) is 24.3. The zero-order chi connectivity index (χ0) is 30.8. The Bertz CT molecular complexity index is 1610. The van der Waals surface area contributed by atoms with Crippen molar-refractivity contribution in [3.63, 3.8) is 0 Å². The highest BCUT2D eigenvalue weighted by Crippen LogP contribution is 2.25. The van der Waals surface area contributed by atoms with E-state index in [4.69, 9.17) is 0 Å². The first-order valence-corrected chi connectivity index (χ1v) is 15.6. The second kappa shape index (κ2) is 14.6. The van der Waals surface area contributed by atoms with Crippen molar-refractivity contribution in [2.45, 2.75) is 44.2 Å². The lowest BCUT2D eigenvalue weighted by Gasteiger charge is -2.34. The van der Waals surface area contributed by atoms with Gasteiger partial charge in [-0.05, 0) is 60.9 Å². The molecule has 2 amide bonds. The van der Waals surface area contributed by atoms with Gasteiger partial charge in [-0.1, -0.05) is 85.3 Å². The summed E-state index contributed by atoms with van der Waals surface area (Å²) < 4.78 is 42.5. The number of halogens is 1. The number of nitrogens with zero attached hydrogens (tertiary/aromatic N) is 2. The lowest BCUT2D eigenvalue weighted by atomic mass is 10.0. The fraction of sp³-hybridized carbons (Fsp3) is 0.235. The third-order valence-electron chi connectivity index (χ3n) is 6.98. The molecule has 0 radical (unpaired) electrons. The molecule has 0 aliphatic carbocycles. The Morgan fingerprint density at radius 3 is 2.09 bits per heavy atom. The van der Waals surface area contributed by atoms with Crippen molar-refractivity contribution in [3.05, 3.63) is 132 Å². The molecule has 4 rings (SSSR count). The van der Waals surface area contributed by atoms with Gasteiger partial charge in [-0.2, -0.15) is 0 Å². The van der Waals surface area contributed by atoms with E-state index >= 15 is 0 Å². The summed E-state index contributed by atoms with van der Waals surface area (Å²) in [5.74, 6) is -1.45. The van der Waals surface area contributed by atoms with Crippen LogP contribution < -0.4 is 9.62 Å². The number of amides is 2. The third-order valence-corrected chi connectivity index (χ3v) is 8.77. The molecule has 0 bridgehead atoms. The van der Waals surface area contributed by atoms with E-state index in [0.717, 1.165) is 33.1 Å². The maximum absolute atomic E-state index is 14.3.